The molecule has 35 heavy (non-hydrogen) atoms. The molecule has 1 aliphatic heterocycles. The average Bonchev–Trinajstić information content (AvgIpc) is 3.31. The van der Waals surface area contributed by atoms with Crippen molar-refractivity contribution in [2.24, 2.45) is 0 Å². The average molecular weight is 484 g/mol. The van der Waals surface area contributed by atoms with Crippen molar-refractivity contribution in [3.8, 4) is 0 Å². The van der Waals surface area contributed by atoms with E-state index in [0.29, 0.717) is 17.0 Å². The number of hydrogen-bond acceptors (Lipinski definition) is 5. The van der Waals surface area contributed by atoms with Crippen LogP contribution in [-0.2, 0) is 17.9 Å². The number of carbonyl (C=O) groups excluding carboxylic acids is 2. The third kappa shape index (κ3) is 4.48. The Kier molecular flexibility index (Phi) is 5.96. The molecule has 1 saturated heterocycles. The van der Waals surface area contributed by atoms with E-state index in [1.54, 1.807) is 24.3 Å². The summed E-state index contributed by atoms with van der Waals surface area (Å²) in [7, 11) is 0. The Hall–Kier alpha value is -4.17. The Labute approximate surface area is 205 Å². The lowest BCUT2D eigenvalue weighted by Gasteiger charge is -2.12. The van der Waals surface area contributed by atoms with Crippen LogP contribution in [0, 0.1) is 17.0 Å². The summed E-state index contributed by atoms with van der Waals surface area (Å²) in [5, 5.41) is 12.1. The molecule has 7 nitrogen and oxygen atoms in total. The van der Waals surface area contributed by atoms with Crippen molar-refractivity contribution in [1.82, 2.24) is 9.47 Å². The Bertz CT molecular complexity index is 1520. The fourth-order valence-corrected chi connectivity index (χ4v) is 5.13. The van der Waals surface area contributed by atoms with Crippen LogP contribution in [0.1, 0.15) is 22.3 Å². The van der Waals surface area contributed by atoms with Gasteiger partial charge >= 0.3 is 0 Å². The van der Waals surface area contributed by atoms with Gasteiger partial charge in [0.05, 0.1) is 22.9 Å². The van der Waals surface area contributed by atoms with Crippen LogP contribution in [0.3, 0.4) is 0 Å². The molecule has 0 unspecified atom stereocenters. The first-order valence-electron chi connectivity index (χ1n) is 11.0. The van der Waals surface area contributed by atoms with Gasteiger partial charge in [0.1, 0.15) is 0 Å². The monoisotopic (exact) mass is 483 g/mol. The molecule has 4 aromatic rings. The summed E-state index contributed by atoms with van der Waals surface area (Å²) in [6, 6.07) is 22.1. The predicted octanol–water partition coefficient (Wildman–Crippen LogP) is 6.14. The second-order valence-electron chi connectivity index (χ2n) is 8.37. The number of fused-ring (bicyclic) bond motifs is 1. The van der Waals surface area contributed by atoms with Crippen LogP contribution in [0.4, 0.5) is 10.5 Å². The third-order valence-corrected chi connectivity index (χ3v) is 6.84. The lowest BCUT2D eigenvalue weighted by molar-refractivity contribution is -0.385. The highest BCUT2D eigenvalue weighted by Gasteiger charge is 2.35. The minimum absolute atomic E-state index is 0.0594. The molecule has 8 heteroatoms. The van der Waals surface area contributed by atoms with Crippen molar-refractivity contribution in [3.63, 3.8) is 0 Å². The minimum atomic E-state index is -0.383. The second kappa shape index (κ2) is 9.23. The summed E-state index contributed by atoms with van der Waals surface area (Å²) in [4.78, 5) is 38.4. The van der Waals surface area contributed by atoms with E-state index in [9.17, 15) is 19.7 Å². The highest BCUT2D eigenvalue weighted by Crippen LogP contribution is 2.35. The molecule has 0 atom stereocenters. The highest BCUT2D eigenvalue weighted by atomic mass is 32.2. The van der Waals surface area contributed by atoms with E-state index in [1.165, 1.54) is 11.0 Å². The first-order chi connectivity index (χ1) is 16.9. The van der Waals surface area contributed by atoms with E-state index in [1.807, 2.05) is 66.2 Å². The number of amides is 2. The fourth-order valence-electron chi connectivity index (χ4n) is 4.30. The number of aryl methyl sites for hydroxylation is 1. The maximum atomic E-state index is 13.1. The summed E-state index contributed by atoms with van der Waals surface area (Å²) in [6.45, 7) is 2.50. The number of hydrogen-bond donors (Lipinski definition) is 0. The topological polar surface area (TPSA) is 85.4 Å². The number of nitro groups is 1. The van der Waals surface area contributed by atoms with Crippen molar-refractivity contribution < 1.29 is 14.5 Å². The first kappa shape index (κ1) is 22.6. The van der Waals surface area contributed by atoms with Crippen molar-refractivity contribution in [2.45, 2.75) is 20.0 Å². The van der Waals surface area contributed by atoms with Gasteiger partial charge in [0.15, 0.2) is 0 Å². The van der Waals surface area contributed by atoms with Crippen LogP contribution in [-0.4, -0.2) is 25.5 Å². The van der Waals surface area contributed by atoms with Gasteiger partial charge in [0.2, 0.25) is 0 Å². The molecule has 174 valence electrons. The van der Waals surface area contributed by atoms with Gasteiger partial charge in [0.25, 0.3) is 16.8 Å². The van der Waals surface area contributed by atoms with Gasteiger partial charge in [0, 0.05) is 34.3 Å². The molecule has 2 heterocycles. The molecular weight excluding hydrogens is 462 g/mol. The van der Waals surface area contributed by atoms with Crippen molar-refractivity contribution in [1.29, 1.82) is 0 Å². The van der Waals surface area contributed by atoms with Gasteiger partial charge in [-0.3, -0.25) is 24.6 Å². The first-order valence-corrected chi connectivity index (χ1v) is 11.8. The van der Waals surface area contributed by atoms with Crippen molar-refractivity contribution >= 4 is 45.6 Å². The van der Waals surface area contributed by atoms with Crippen LogP contribution < -0.4 is 0 Å². The van der Waals surface area contributed by atoms with Gasteiger partial charge in [-0.25, -0.2) is 0 Å². The molecule has 3 aromatic carbocycles. The lowest BCUT2D eigenvalue weighted by Crippen LogP contribution is -2.27. The number of rotatable bonds is 6. The number of thioether (sulfide) groups is 1. The number of nitrogens with zero attached hydrogens (tertiary/aromatic N) is 3. The van der Waals surface area contributed by atoms with Gasteiger partial charge in [-0.2, -0.15) is 0 Å². The molecule has 0 radical (unpaired) electrons. The number of nitro benzene ring substituents is 1. The van der Waals surface area contributed by atoms with E-state index in [4.69, 9.17) is 0 Å². The van der Waals surface area contributed by atoms with Gasteiger partial charge in [-0.1, -0.05) is 66.2 Å². The fraction of sp³-hybridized carbons (Fsp3) is 0.111. The Balaban J connectivity index is 1.48. The Morgan fingerprint density at radius 2 is 1.74 bits per heavy atom. The van der Waals surface area contributed by atoms with Gasteiger partial charge < -0.3 is 4.57 Å². The number of para-hydroxylation sites is 2. The van der Waals surface area contributed by atoms with Crippen LogP contribution in [0.15, 0.2) is 83.9 Å². The van der Waals surface area contributed by atoms with E-state index in [-0.39, 0.29) is 28.3 Å². The van der Waals surface area contributed by atoms with Crippen LogP contribution in [0.5, 0.6) is 0 Å². The zero-order chi connectivity index (χ0) is 24.5. The third-order valence-electron chi connectivity index (χ3n) is 5.93. The molecule has 0 N–H and O–H groups in total. The zero-order valence-corrected chi connectivity index (χ0v) is 19.7. The maximum Gasteiger partial charge on any atom is 0.293 e. The number of aromatic nitrogens is 1. The summed E-state index contributed by atoms with van der Waals surface area (Å²) in [6.07, 6.45) is 3.61. The molecule has 2 amide bonds. The Morgan fingerprint density at radius 3 is 2.54 bits per heavy atom. The van der Waals surface area contributed by atoms with Crippen molar-refractivity contribution in [2.75, 3.05) is 0 Å². The Morgan fingerprint density at radius 1 is 0.971 bits per heavy atom. The molecule has 0 saturated carbocycles. The molecule has 0 aliphatic carbocycles. The second-order valence-corrected chi connectivity index (χ2v) is 9.37. The number of carbonyl (C=O) groups is 2. The lowest BCUT2D eigenvalue weighted by atomic mass is 10.1. The molecule has 0 bridgehead atoms. The standard InChI is InChI=1S/C27H21N3O4S/c1-18-7-6-8-19(13-18)15-29-26(31)25(35-27(29)32)14-21-17-28(24-12-5-3-10-22(21)24)16-20-9-2-4-11-23(20)30(33)34/h2-14,17H,15-16H2,1H3/b25-14-. The number of imide groups is 1. The smallest absolute Gasteiger partial charge is 0.293 e. The number of benzene rings is 3. The predicted molar refractivity (Wildman–Crippen MR) is 137 cm³/mol. The maximum absolute atomic E-state index is 13.1. The van der Waals surface area contributed by atoms with Crippen molar-refractivity contribution in [3.05, 3.63) is 116 Å². The van der Waals surface area contributed by atoms with Gasteiger partial charge in [-0.15, -0.1) is 0 Å². The normalized spacial score (nSPS) is 14.9. The SMILES string of the molecule is Cc1cccc(CN2C(=O)S/C(=C\c3cn(Cc4ccccc4[N+](=O)[O-])c4ccccc34)C2=O)c1. The summed E-state index contributed by atoms with van der Waals surface area (Å²) < 4.78 is 1.93. The van der Waals surface area contributed by atoms with Crippen LogP contribution in [0.25, 0.3) is 17.0 Å². The molecule has 1 aliphatic rings. The molecule has 0 spiro atoms. The van der Waals surface area contributed by atoms with Crippen LogP contribution in [0.2, 0.25) is 0 Å². The molecular formula is C27H21N3O4S. The quantitative estimate of drug-likeness (QED) is 0.187. The summed E-state index contributed by atoms with van der Waals surface area (Å²) >= 11 is 0.928. The zero-order valence-electron chi connectivity index (χ0n) is 18.9. The molecule has 1 fully saturated rings. The molecule has 1 aromatic heterocycles. The van der Waals surface area contributed by atoms with E-state index in [0.717, 1.165) is 39.4 Å². The molecule has 5 rings (SSSR count). The van der Waals surface area contributed by atoms with Gasteiger partial charge in [-0.05, 0) is 36.4 Å². The largest absolute Gasteiger partial charge is 0.342 e. The van der Waals surface area contributed by atoms with E-state index < -0.39 is 0 Å². The van der Waals surface area contributed by atoms with E-state index >= 15 is 0 Å². The summed E-state index contributed by atoms with van der Waals surface area (Å²) in [5.74, 6) is -0.322. The highest BCUT2D eigenvalue weighted by molar-refractivity contribution is 8.18. The minimum Gasteiger partial charge on any atom is -0.342 e. The van der Waals surface area contributed by atoms with Crippen LogP contribution >= 0.6 is 11.8 Å². The van der Waals surface area contributed by atoms with E-state index in [2.05, 4.69) is 0 Å². The summed E-state index contributed by atoms with van der Waals surface area (Å²) in [5.41, 5.74) is 4.27.